The van der Waals surface area contributed by atoms with Gasteiger partial charge in [0.15, 0.2) is 11.6 Å². The SMILES string of the molecule is CCN1CCCC1CNc1nc(NCC2CCCCC2)nc(Nc2ccc(F)c(OC)c2)n1.[H+]. The molecule has 9 heteroatoms. The fourth-order valence-corrected chi connectivity index (χ4v) is 4.84. The highest BCUT2D eigenvalue weighted by molar-refractivity contribution is 5.58. The molecule has 0 amide bonds. The van der Waals surface area contributed by atoms with Crippen molar-refractivity contribution in [2.45, 2.75) is 57.9 Å². The molecule has 33 heavy (non-hydrogen) atoms. The van der Waals surface area contributed by atoms with Gasteiger partial charge in [0.05, 0.1) is 7.11 Å². The molecule has 1 atom stereocenters. The van der Waals surface area contributed by atoms with Gasteiger partial charge in [0.25, 0.3) is 0 Å². The number of likely N-dealkylation sites (N-methyl/N-ethyl adjacent to an activating group) is 1. The summed E-state index contributed by atoms with van der Waals surface area (Å²) in [7, 11) is 1.45. The molecule has 1 aromatic heterocycles. The quantitative estimate of drug-likeness (QED) is 0.470. The van der Waals surface area contributed by atoms with Crippen molar-refractivity contribution in [1.29, 1.82) is 0 Å². The molecule has 8 nitrogen and oxygen atoms in total. The van der Waals surface area contributed by atoms with Gasteiger partial charge in [-0.3, -0.25) is 4.90 Å². The van der Waals surface area contributed by atoms with Gasteiger partial charge in [0.1, 0.15) is 0 Å². The first kappa shape index (κ1) is 23.5. The van der Waals surface area contributed by atoms with E-state index in [0.29, 0.717) is 35.5 Å². The third-order valence-corrected chi connectivity index (χ3v) is 6.72. The Morgan fingerprint density at radius 3 is 2.45 bits per heavy atom. The summed E-state index contributed by atoms with van der Waals surface area (Å²) in [6.45, 7) is 6.06. The molecule has 1 saturated heterocycles. The molecule has 0 spiro atoms. The molecule has 1 aliphatic carbocycles. The Balaban J connectivity index is 0.00000324. The molecule has 2 fully saturated rings. The number of methoxy groups -OCH3 is 1. The van der Waals surface area contributed by atoms with Gasteiger partial charge in [-0.15, -0.1) is 0 Å². The lowest BCUT2D eigenvalue weighted by atomic mass is 9.89. The average molecular weight is 459 g/mol. The smallest absolute Gasteiger partial charge is 0.494 e. The van der Waals surface area contributed by atoms with E-state index in [-0.39, 0.29) is 7.18 Å². The predicted molar refractivity (Wildman–Crippen MR) is 131 cm³/mol. The Hall–Kier alpha value is -2.68. The Labute approximate surface area is 197 Å². The van der Waals surface area contributed by atoms with Crippen molar-refractivity contribution in [3.05, 3.63) is 24.0 Å². The van der Waals surface area contributed by atoms with E-state index in [2.05, 4.69) is 42.7 Å². The minimum absolute atomic E-state index is 0. The molecule has 1 aliphatic heterocycles. The largest absolute Gasteiger partial charge is 1.00 e. The van der Waals surface area contributed by atoms with Crippen LogP contribution in [0.2, 0.25) is 0 Å². The fraction of sp³-hybridized carbons (Fsp3) is 0.625. The molecule has 2 aliphatic rings. The van der Waals surface area contributed by atoms with E-state index in [0.717, 1.165) is 26.2 Å². The van der Waals surface area contributed by atoms with Gasteiger partial charge >= 0.3 is 1.43 Å². The van der Waals surface area contributed by atoms with Crippen LogP contribution in [0.1, 0.15) is 53.3 Å². The van der Waals surface area contributed by atoms with Crippen LogP contribution in [-0.4, -0.2) is 59.2 Å². The second-order valence-electron chi connectivity index (χ2n) is 8.97. The molecule has 2 aromatic rings. The molecule has 0 radical (unpaired) electrons. The number of nitrogens with one attached hydrogen (secondary N) is 3. The number of benzene rings is 1. The molecule has 4 rings (SSSR count). The Bertz CT molecular complexity index is 913. The van der Waals surface area contributed by atoms with Crippen molar-refractivity contribution in [2.24, 2.45) is 5.92 Å². The maximum absolute atomic E-state index is 13.8. The number of aromatic nitrogens is 3. The van der Waals surface area contributed by atoms with Gasteiger partial charge in [0.2, 0.25) is 17.8 Å². The second-order valence-corrected chi connectivity index (χ2v) is 8.97. The summed E-state index contributed by atoms with van der Waals surface area (Å²) in [5.74, 6) is 1.91. The summed E-state index contributed by atoms with van der Waals surface area (Å²) in [6.07, 6.45) is 8.83. The fourth-order valence-electron chi connectivity index (χ4n) is 4.84. The van der Waals surface area contributed by atoms with Crippen LogP contribution < -0.4 is 20.7 Å². The van der Waals surface area contributed by atoms with E-state index in [4.69, 9.17) is 4.74 Å². The lowest BCUT2D eigenvalue weighted by Gasteiger charge is -2.23. The first-order valence-electron chi connectivity index (χ1n) is 12.2. The average Bonchev–Trinajstić information content (AvgIpc) is 3.31. The minimum atomic E-state index is -0.409. The molecule has 180 valence electrons. The molecular formula is C24H37FN7O+. The van der Waals surface area contributed by atoms with Gasteiger partial charge in [-0.2, -0.15) is 15.0 Å². The lowest BCUT2D eigenvalue weighted by Crippen LogP contribution is -2.35. The van der Waals surface area contributed by atoms with Crippen LogP contribution in [0.5, 0.6) is 5.75 Å². The highest BCUT2D eigenvalue weighted by Gasteiger charge is 2.23. The van der Waals surface area contributed by atoms with Crippen LogP contribution in [0.15, 0.2) is 18.2 Å². The van der Waals surface area contributed by atoms with Gasteiger partial charge in [-0.25, -0.2) is 4.39 Å². The summed E-state index contributed by atoms with van der Waals surface area (Å²) < 4.78 is 18.9. The van der Waals surface area contributed by atoms with E-state index in [9.17, 15) is 4.39 Å². The number of likely N-dealkylation sites (tertiary alicyclic amines) is 1. The van der Waals surface area contributed by atoms with E-state index in [1.54, 1.807) is 12.1 Å². The van der Waals surface area contributed by atoms with Gasteiger partial charge in [-0.1, -0.05) is 26.2 Å². The molecule has 1 aromatic carbocycles. The lowest BCUT2D eigenvalue weighted by molar-refractivity contribution is 0.277. The van der Waals surface area contributed by atoms with Crippen LogP contribution in [0, 0.1) is 11.7 Å². The number of ether oxygens (including phenoxy) is 1. The number of nitrogens with zero attached hydrogens (tertiary/aromatic N) is 4. The van der Waals surface area contributed by atoms with E-state index in [1.807, 2.05) is 0 Å². The van der Waals surface area contributed by atoms with Crippen LogP contribution in [0.25, 0.3) is 0 Å². The minimum Gasteiger partial charge on any atom is -0.494 e. The number of hydrogen-bond donors (Lipinski definition) is 3. The van der Waals surface area contributed by atoms with Crippen LogP contribution in [0.3, 0.4) is 0 Å². The molecular weight excluding hydrogens is 421 g/mol. The van der Waals surface area contributed by atoms with Crippen LogP contribution >= 0.6 is 0 Å². The van der Waals surface area contributed by atoms with Crippen LogP contribution in [0.4, 0.5) is 27.9 Å². The Morgan fingerprint density at radius 1 is 1.00 bits per heavy atom. The summed E-state index contributed by atoms with van der Waals surface area (Å²) in [5, 5.41) is 10.0. The molecule has 3 N–H and O–H groups in total. The highest BCUT2D eigenvalue weighted by atomic mass is 19.1. The van der Waals surface area contributed by atoms with Crippen molar-refractivity contribution >= 4 is 23.5 Å². The normalized spacial score (nSPS) is 19.4. The van der Waals surface area contributed by atoms with E-state index in [1.165, 1.54) is 58.1 Å². The molecule has 2 heterocycles. The third kappa shape index (κ3) is 6.43. The summed E-state index contributed by atoms with van der Waals surface area (Å²) in [4.78, 5) is 16.3. The number of hydrogen-bond acceptors (Lipinski definition) is 8. The molecule has 1 saturated carbocycles. The number of anilines is 4. The summed E-state index contributed by atoms with van der Waals surface area (Å²) in [5.41, 5.74) is 0.650. The number of halogens is 1. The van der Waals surface area contributed by atoms with Crippen molar-refractivity contribution in [3.8, 4) is 5.75 Å². The molecule has 1 unspecified atom stereocenters. The monoisotopic (exact) mass is 458 g/mol. The van der Waals surface area contributed by atoms with Gasteiger partial charge in [-0.05, 0) is 56.8 Å². The maximum Gasteiger partial charge on any atom is 1.00 e. The van der Waals surface area contributed by atoms with Crippen molar-refractivity contribution in [2.75, 3.05) is 49.2 Å². The Kier molecular flexibility index (Phi) is 8.15. The first-order chi connectivity index (χ1) is 16.1. The number of rotatable bonds is 10. The zero-order valence-electron chi connectivity index (χ0n) is 20.7. The summed E-state index contributed by atoms with van der Waals surface area (Å²) >= 11 is 0. The van der Waals surface area contributed by atoms with E-state index >= 15 is 0 Å². The first-order valence-corrected chi connectivity index (χ1v) is 12.2. The topological polar surface area (TPSA) is 87.2 Å². The van der Waals surface area contributed by atoms with Crippen LogP contribution in [-0.2, 0) is 0 Å². The van der Waals surface area contributed by atoms with Crippen molar-refractivity contribution < 1.29 is 10.6 Å². The second kappa shape index (κ2) is 11.4. The molecule has 0 bridgehead atoms. The zero-order valence-corrected chi connectivity index (χ0v) is 19.7. The van der Waals surface area contributed by atoms with Crippen molar-refractivity contribution in [3.63, 3.8) is 0 Å². The van der Waals surface area contributed by atoms with E-state index < -0.39 is 5.82 Å². The van der Waals surface area contributed by atoms with Gasteiger partial charge < -0.3 is 20.7 Å². The van der Waals surface area contributed by atoms with Crippen molar-refractivity contribution in [1.82, 2.24) is 19.9 Å². The third-order valence-electron chi connectivity index (χ3n) is 6.72. The summed E-state index contributed by atoms with van der Waals surface area (Å²) in [6, 6.07) is 5.09. The van der Waals surface area contributed by atoms with Gasteiger partial charge in [0, 0.05) is 30.9 Å². The maximum atomic E-state index is 13.8. The zero-order chi connectivity index (χ0) is 23.0. The predicted octanol–water partition coefficient (Wildman–Crippen LogP) is 4.76. The Morgan fingerprint density at radius 2 is 1.73 bits per heavy atom. The standard InChI is InChI=1S/C24H36FN7O/c1-3-32-13-7-10-19(32)16-27-23-29-22(26-15-17-8-5-4-6-9-17)30-24(31-23)28-18-11-12-20(25)21(14-18)33-2/h11-12,14,17,19H,3-10,13,15-16H2,1-2H3,(H3,26,27,28,29,30,31)/p+1. The highest BCUT2D eigenvalue weighted by Crippen LogP contribution is 2.26.